The number of piperazine rings is 1. The molecule has 136 valence electrons. The highest BCUT2D eigenvalue weighted by molar-refractivity contribution is 5.98. The number of nitrogens with zero attached hydrogens (tertiary/aromatic N) is 4. The second-order valence-corrected chi connectivity index (χ2v) is 6.92. The summed E-state index contributed by atoms with van der Waals surface area (Å²) >= 11 is 0. The molecule has 1 saturated heterocycles. The lowest BCUT2D eigenvalue weighted by molar-refractivity contribution is 0.0950. The van der Waals surface area contributed by atoms with Crippen molar-refractivity contribution in [3.8, 4) is 0 Å². The minimum atomic E-state index is -0.0514. The number of rotatable bonds is 6. The Bertz CT molecular complexity index is 732. The number of fused-ring (bicyclic) bond motifs is 1. The molecule has 3 rings (SSSR count). The van der Waals surface area contributed by atoms with Gasteiger partial charge in [0.05, 0.1) is 17.5 Å². The maximum Gasteiger partial charge on any atom is 0.253 e. The smallest absolute Gasteiger partial charge is 0.253 e. The summed E-state index contributed by atoms with van der Waals surface area (Å²) in [5.41, 5.74) is 2.22. The minimum absolute atomic E-state index is 0.0514. The third kappa shape index (κ3) is 4.16. The van der Waals surface area contributed by atoms with Crippen LogP contribution >= 0.6 is 0 Å². The van der Waals surface area contributed by atoms with E-state index >= 15 is 0 Å². The van der Waals surface area contributed by atoms with E-state index in [2.05, 4.69) is 39.5 Å². The summed E-state index contributed by atoms with van der Waals surface area (Å²) in [7, 11) is 0. The second kappa shape index (κ2) is 7.93. The number of hydrogen-bond acceptors (Lipinski definition) is 5. The van der Waals surface area contributed by atoms with Crippen LogP contribution in [-0.2, 0) is 0 Å². The fourth-order valence-electron chi connectivity index (χ4n) is 3.21. The van der Waals surface area contributed by atoms with Gasteiger partial charge in [0.25, 0.3) is 5.91 Å². The van der Waals surface area contributed by atoms with Gasteiger partial charge in [0.2, 0.25) is 0 Å². The van der Waals surface area contributed by atoms with Crippen molar-refractivity contribution in [2.45, 2.75) is 33.2 Å². The van der Waals surface area contributed by atoms with E-state index in [0.29, 0.717) is 12.1 Å². The third-order valence-corrected chi connectivity index (χ3v) is 4.64. The van der Waals surface area contributed by atoms with E-state index in [-0.39, 0.29) is 11.9 Å². The predicted octanol–water partition coefficient (Wildman–Crippen LogP) is 1.35. The van der Waals surface area contributed by atoms with Crippen molar-refractivity contribution in [2.75, 3.05) is 39.3 Å². The molecule has 1 fully saturated rings. The molecule has 1 amide bonds. The number of pyridine rings is 1. The Hall–Kier alpha value is -1.99. The monoisotopic (exact) mass is 344 g/mol. The number of carbonyl (C=O) groups is 1. The summed E-state index contributed by atoms with van der Waals surface area (Å²) in [6.45, 7) is 12.0. The lowest BCUT2D eigenvalue weighted by Crippen LogP contribution is -2.44. The van der Waals surface area contributed by atoms with Crippen LogP contribution in [0.2, 0.25) is 0 Å². The molecule has 2 aromatic rings. The maximum absolute atomic E-state index is 12.5. The number of carbonyl (C=O) groups excluding carboxylic acids is 1. The van der Waals surface area contributed by atoms with Gasteiger partial charge in [0, 0.05) is 44.2 Å². The zero-order chi connectivity index (χ0) is 17.8. The lowest BCUT2D eigenvalue weighted by atomic mass is 10.1. The average molecular weight is 344 g/mol. The molecule has 0 aliphatic carbocycles. The van der Waals surface area contributed by atoms with Crippen molar-refractivity contribution in [2.24, 2.45) is 0 Å². The van der Waals surface area contributed by atoms with Crippen LogP contribution in [0.5, 0.6) is 0 Å². The van der Waals surface area contributed by atoms with Gasteiger partial charge in [0.15, 0.2) is 5.65 Å². The maximum atomic E-state index is 12.5. The molecule has 2 aromatic heterocycles. The van der Waals surface area contributed by atoms with Crippen molar-refractivity contribution >= 4 is 16.9 Å². The van der Waals surface area contributed by atoms with Crippen molar-refractivity contribution in [3.63, 3.8) is 0 Å². The van der Waals surface area contributed by atoms with Crippen molar-refractivity contribution < 1.29 is 4.79 Å². The summed E-state index contributed by atoms with van der Waals surface area (Å²) in [4.78, 5) is 19.5. The molecule has 0 radical (unpaired) electrons. The molecule has 0 bridgehead atoms. The number of hydrogen-bond donors (Lipinski definition) is 2. The largest absolute Gasteiger partial charge is 0.352 e. The van der Waals surface area contributed by atoms with Crippen LogP contribution < -0.4 is 10.6 Å². The molecular weight excluding hydrogens is 316 g/mol. The van der Waals surface area contributed by atoms with Gasteiger partial charge in [-0.15, -0.1) is 0 Å². The van der Waals surface area contributed by atoms with Crippen LogP contribution in [0, 0.1) is 6.92 Å². The molecule has 0 saturated carbocycles. The van der Waals surface area contributed by atoms with Crippen molar-refractivity contribution in [1.29, 1.82) is 0 Å². The van der Waals surface area contributed by atoms with E-state index < -0.39 is 0 Å². The molecule has 7 heteroatoms. The van der Waals surface area contributed by atoms with E-state index in [4.69, 9.17) is 0 Å². The van der Waals surface area contributed by atoms with Crippen LogP contribution in [0.25, 0.3) is 11.0 Å². The molecule has 7 nitrogen and oxygen atoms in total. The third-order valence-electron chi connectivity index (χ3n) is 4.64. The summed E-state index contributed by atoms with van der Waals surface area (Å²) in [6.07, 6.45) is 2.74. The first-order valence-corrected chi connectivity index (χ1v) is 9.12. The zero-order valence-corrected chi connectivity index (χ0v) is 15.4. The van der Waals surface area contributed by atoms with Crippen LogP contribution in [0.3, 0.4) is 0 Å². The van der Waals surface area contributed by atoms with E-state index in [1.165, 1.54) is 0 Å². The van der Waals surface area contributed by atoms with Gasteiger partial charge in [-0.25, -0.2) is 9.67 Å². The van der Waals surface area contributed by atoms with E-state index in [0.717, 1.165) is 55.9 Å². The molecule has 0 aromatic carbocycles. The van der Waals surface area contributed by atoms with Gasteiger partial charge in [0.1, 0.15) is 0 Å². The Kier molecular flexibility index (Phi) is 5.65. The van der Waals surface area contributed by atoms with E-state index in [1.54, 1.807) is 6.20 Å². The van der Waals surface area contributed by atoms with Gasteiger partial charge in [-0.3, -0.25) is 4.79 Å². The standard InChI is InChI=1S/C18H28N6O/c1-13(2)24-17-15(12-21-24)11-16(14(3)22-17)18(25)20-5-4-8-23-9-6-19-7-10-23/h11-13,19H,4-10H2,1-3H3,(H,20,25). The van der Waals surface area contributed by atoms with Gasteiger partial charge in [-0.1, -0.05) is 0 Å². The Balaban J connectivity index is 1.59. The lowest BCUT2D eigenvalue weighted by Gasteiger charge is -2.27. The van der Waals surface area contributed by atoms with Gasteiger partial charge >= 0.3 is 0 Å². The molecule has 1 aliphatic heterocycles. The predicted molar refractivity (Wildman–Crippen MR) is 98.9 cm³/mol. The van der Waals surface area contributed by atoms with Gasteiger partial charge in [-0.05, 0) is 39.8 Å². The fourth-order valence-corrected chi connectivity index (χ4v) is 3.21. The van der Waals surface area contributed by atoms with Gasteiger partial charge < -0.3 is 15.5 Å². The van der Waals surface area contributed by atoms with Crippen LogP contribution in [0.15, 0.2) is 12.3 Å². The topological polar surface area (TPSA) is 75.1 Å². The Morgan fingerprint density at radius 1 is 1.36 bits per heavy atom. The first kappa shape index (κ1) is 17.8. The quantitative estimate of drug-likeness (QED) is 0.774. The molecule has 2 N–H and O–H groups in total. The van der Waals surface area contributed by atoms with E-state index in [1.807, 2.05) is 17.7 Å². The Morgan fingerprint density at radius 3 is 2.84 bits per heavy atom. The molecule has 0 atom stereocenters. The van der Waals surface area contributed by atoms with Crippen LogP contribution in [0.4, 0.5) is 0 Å². The molecular formula is C18H28N6O. The zero-order valence-electron chi connectivity index (χ0n) is 15.4. The number of amides is 1. The first-order valence-electron chi connectivity index (χ1n) is 9.12. The molecule has 3 heterocycles. The van der Waals surface area contributed by atoms with Gasteiger partial charge in [-0.2, -0.15) is 5.10 Å². The summed E-state index contributed by atoms with van der Waals surface area (Å²) in [6, 6.07) is 2.14. The highest BCUT2D eigenvalue weighted by Gasteiger charge is 2.15. The number of nitrogens with one attached hydrogen (secondary N) is 2. The number of aryl methyl sites for hydroxylation is 1. The first-order chi connectivity index (χ1) is 12.1. The van der Waals surface area contributed by atoms with Crippen molar-refractivity contribution in [1.82, 2.24) is 30.3 Å². The normalized spacial score (nSPS) is 15.8. The highest BCUT2D eigenvalue weighted by atomic mass is 16.1. The summed E-state index contributed by atoms with van der Waals surface area (Å²) in [5.74, 6) is -0.0514. The molecule has 1 aliphatic rings. The SMILES string of the molecule is Cc1nc2c(cnn2C(C)C)cc1C(=O)NCCCN1CCNCC1. The summed E-state index contributed by atoms with van der Waals surface area (Å²) < 4.78 is 1.89. The average Bonchev–Trinajstić information content (AvgIpc) is 3.01. The highest BCUT2D eigenvalue weighted by Crippen LogP contribution is 2.19. The van der Waals surface area contributed by atoms with Crippen LogP contribution in [0.1, 0.15) is 42.4 Å². The van der Waals surface area contributed by atoms with Crippen molar-refractivity contribution in [3.05, 3.63) is 23.5 Å². The fraction of sp³-hybridized carbons (Fsp3) is 0.611. The molecule has 0 spiro atoms. The minimum Gasteiger partial charge on any atom is -0.352 e. The second-order valence-electron chi connectivity index (χ2n) is 6.92. The summed E-state index contributed by atoms with van der Waals surface area (Å²) in [5, 5.41) is 11.7. The molecule has 0 unspecified atom stereocenters. The molecule has 25 heavy (non-hydrogen) atoms. The Morgan fingerprint density at radius 2 is 2.12 bits per heavy atom. The number of aromatic nitrogens is 3. The Labute approximate surface area is 148 Å². The van der Waals surface area contributed by atoms with E-state index in [9.17, 15) is 4.79 Å². The van der Waals surface area contributed by atoms with Crippen LogP contribution in [-0.4, -0.2) is 64.8 Å².